The van der Waals surface area contributed by atoms with Gasteiger partial charge in [-0.05, 0) is 60.7 Å². The Kier molecular flexibility index (Phi) is 9.23. The lowest BCUT2D eigenvalue weighted by Crippen LogP contribution is -2.11. The fourth-order valence-electron chi connectivity index (χ4n) is 4.10. The summed E-state index contributed by atoms with van der Waals surface area (Å²) in [7, 11) is 0. The van der Waals surface area contributed by atoms with Crippen LogP contribution in [0.5, 0.6) is 0 Å². The fourth-order valence-corrected chi connectivity index (χ4v) is 4.10. The number of hydrogen-bond acceptors (Lipinski definition) is 8. The molecule has 0 atom stereocenters. The number of benzene rings is 4. The number of carbonyl (C=O) groups excluding carboxylic acids is 2. The molecule has 4 aromatic carbocycles. The van der Waals surface area contributed by atoms with Crippen LogP contribution in [-0.4, -0.2) is 31.8 Å². The third-order valence-electron chi connectivity index (χ3n) is 6.30. The number of aromatic nitrogens is 4. The highest BCUT2D eigenvalue weighted by atomic mass is 16.2. The van der Waals surface area contributed by atoms with Crippen molar-refractivity contribution in [2.45, 2.75) is 0 Å². The van der Waals surface area contributed by atoms with Gasteiger partial charge in [0.2, 0.25) is 11.9 Å². The van der Waals surface area contributed by atoms with Crippen molar-refractivity contribution >= 4 is 35.1 Å². The van der Waals surface area contributed by atoms with Crippen LogP contribution in [0.15, 0.2) is 134 Å². The molecular weight excluding hydrogens is 552 g/mol. The topological polar surface area (TPSA) is 162 Å². The third kappa shape index (κ3) is 7.86. The summed E-state index contributed by atoms with van der Waals surface area (Å²) in [4.78, 5) is 40.2. The molecule has 44 heavy (non-hydrogen) atoms. The standard InChI is InChI=1S/2C17H14N4O/c2*18-17-19-11-10-15(21-17)12-6-8-14(9-7-12)20-16(22)13-4-2-1-3-5-13/h2*1-11H,(H,20,22)(H2,18,19,21). The molecule has 6 aromatic rings. The molecule has 10 nitrogen and oxygen atoms in total. The third-order valence-corrected chi connectivity index (χ3v) is 6.30. The predicted octanol–water partition coefficient (Wildman–Crippen LogP) is 5.96. The van der Waals surface area contributed by atoms with Crippen molar-refractivity contribution in [1.82, 2.24) is 19.9 Å². The molecule has 0 saturated heterocycles. The summed E-state index contributed by atoms with van der Waals surface area (Å²) in [5.41, 5.74) is 17.1. The minimum atomic E-state index is -0.139. The Morgan fingerprint density at radius 3 is 1.18 bits per heavy atom. The molecule has 2 aromatic heterocycles. The molecule has 6 N–H and O–H groups in total. The van der Waals surface area contributed by atoms with Gasteiger partial charge < -0.3 is 22.1 Å². The molecule has 6 rings (SSSR count). The first kappa shape index (κ1) is 29.1. The van der Waals surface area contributed by atoms with Crippen molar-refractivity contribution in [2.24, 2.45) is 0 Å². The minimum Gasteiger partial charge on any atom is -0.368 e. The number of nitrogens with one attached hydrogen (secondary N) is 2. The van der Waals surface area contributed by atoms with Crippen molar-refractivity contribution in [3.63, 3.8) is 0 Å². The SMILES string of the molecule is Nc1nccc(-c2ccc(NC(=O)c3ccccc3)cc2)n1.Nc1nccc(-c2ccc(NC(=O)c3ccccc3)cc2)n1. The van der Waals surface area contributed by atoms with E-state index in [-0.39, 0.29) is 23.7 Å². The summed E-state index contributed by atoms with van der Waals surface area (Å²) in [6.07, 6.45) is 3.23. The van der Waals surface area contributed by atoms with Gasteiger partial charge >= 0.3 is 0 Å². The smallest absolute Gasteiger partial charge is 0.255 e. The van der Waals surface area contributed by atoms with Crippen LogP contribution < -0.4 is 22.1 Å². The van der Waals surface area contributed by atoms with Crippen molar-refractivity contribution in [1.29, 1.82) is 0 Å². The van der Waals surface area contributed by atoms with E-state index < -0.39 is 0 Å². The van der Waals surface area contributed by atoms with Gasteiger partial charge in [0.05, 0.1) is 11.4 Å². The lowest BCUT2D eigenvalue weighted by atomic mass is 10.1. The van der Waals surface area contributed by atoms with E-state index in [0.29, 0.717) is 11.1 Å². The van der Waals surface area contributed by atoms with E-state index in [0.717, 1.165) is 33.9 Å². The van der Waals surface area contributed by atoms with Crippen LogP contribution in [-0.2, 0) is 0 Å². The molecule has 0 unspecified atom stereocenters. The molecule has 2 amide bonds. The summed E-state index contributed by atoms with van der Waals surface area (Å²) < 4.78 is 0. The second kappa shape index (κ2) is 14.0. The Labute approximate surface area is 253 Å². The summed E-state index contributed by atoms with van der Waals surface area (Å²) >= 11 is 0. The fraction of sp³-hybridized carbons (Fsp3) is 0. The van der Waals surface area contributed by atoms with Gasteiger partial charge in [-0.25, -0.2) is 19.9 Å². The lowest BCUT2D eigenvalue weighted by Gasteiger charge is -2.06. The molecule has 0 aliphatic rings. The van der Waals surface area contributed by atoms with Crippen LogP contribution in [0.3, 0.4) is 0 Å². The van der Waals surface area contributed by atoms with E-state index in [9.17, 15) is 9.59 Å². The van der Waals surface area contributed by atoms with Gasteiger partial charge in [0, 0.05) is 46.0 Å². The number of hydrogen-bond donors (Lipinski definition) is 4. The van der Waals surface area contributed by atoms with Crippen LogP contribution in [0.25, 0.3) is 22.5 Å². The normalized spacial score (nSPS) is 10.2. The Balaban J connectivity index is 0.000000175. The summed E-state index contributed by atoms with van der Waals surface area (Å²) in [6, 6.07) is 36.5. The van der Waals surface area contributed by atoms with Crippen LogP contribution in [0.1, 0.15) is 20.7 Å². The molecule has 0 saturated carbocycles. The van der Waals surface area contributed by atoms with Crippen molar-refractivity contribution in [3.8, 4) is 22.5 Å². The van der Waals surface area contributed by atoms with E-state index in [4.69, 9.17) is 11.5 Å². The van der Waals surface area contributed by atoms with Crippen molar-refractivity contribution in [3.05, 3.63) is 145 Å². The van der Waals surface area contributed by atoms with Crippen molar-refractivity contribution in [2.75, 3.05) is 22.1 Å². The number of nitrogen functional groups attached to an aromatic ring is 2. The van der Waals surface area contributed by atoms with Gasteiger partial charge in [0.25, 0.3) is 11.8 Å². The lowest BCUT2D eigenvalue weighted by molar-refractivity contribution is 0.101. The Morgan fingerprint density at radius 1 is 0.477 bits per heavy atom. The first-order valence-electron chi connectivity index (χ1n) is 13.6. The maximum absolute atomic E-state index is 12.1. The molecule has 0 aliphatic carbocycles. The number of nitrogens with zero attached hydrogens (tertiary/aromatic N) is 4. The zero-order chi connectivity index (χ0) is 30.7. The summed E-state index contributed by atoms with van der Waals surface area (Å²) in [5, 5.41) is 5.70. The van der Waals surface area contributed by atoms with E-state index in [1.807, 2.05) is 84.9 Å². The van der Waals surface area contributed by atoms with E-state index in [2.05, 4.69) is 30.6 Å². The molecule has 0 radical (unpaired) electrons. The Bertz CT molecular complexity index is 1710. The number of anilines is 4. The predicted molar refractivity (Wildman–Crippen MR) is 173 cm³/mol. The summed E-state index contributed by atoms with van der Waals surface area (Å²) in [5.74, 6) is 0.192. The van der Waals surface area contributed by atoms with Gasteiger partial charge in [0.1, 0.15) is 0 Å². The van der Waals surface area contributed by atoms with Crippen molar-refractivity contribution < 1.29 is 9.59 Å². The quantitative estimate of drug-likeness (QED) is 0.188. The van der Waals surface area contributed by atoms with E-state index in [1.54, 1.807) is 48.8 Å². The van der Waals surface area contributed by atoms with Gasteiger partial charge in [-0.2, -0.15) is 0 Å². The van der Waals surface area contributed by atoms with Crippen LogP contribution >= 0.6 is 0 Å². The van der Waals surface area contributed by atoms with Crippen LogP contribution in [0.2, 0.25) is 0 Å². The summed E-state index contributed by atoms with van der Waals surface area (Å²) in [6.45, 7) is 0. The first-order chi connectivity index (χ1) is 21.4. The monoisotopic (exact) mass is 580 g/mol. The van der Waals surface area contributed by atoms with Gasteiger partial charge in [-0.1, -0.05) is 60.7 Å². The second-order valence-corrected chi connectivity index (χ2v) is 9.40. The molecule has 2 heterocycles. The highest BCUT2D eigenvalue weighted by Crippen LogP contribution is 2.21. The maximum Gasteiger partial charge on any atom is 0.255 e. The molecule has 0 fully saturated rings. The average Bonchev–Trinajstić information content (AvgIpc) is 3.06. The zero-order valence-electron chi connectivity index (χ0n) is 23.5. The number of amides is 2. The first-order valence-corrected chi connectivity index (χ1v) is 13.6. The molecule has 0 aliphatic heterocycles. The van der Waals surface area contributed by atoms with Gasteiger partial charge in [-0.15, -0.1) is 0 Å². The molecule has 0 bridgehead atoms. The highest BCUT2D eigenvalue weighted by Gasteiger charge is 2.07. The minimum absolute atomic E-state index is 0.139. The number of carbonyl (C=O) groups is 2. The highest BCUT2D eigenvalue weighted by molar-refractivity contribution is 6.05. The molecular formula is C34H28N8O2. The van der Waals surface area contributed by atoms with E-state index >= 15 is 0 Å². The second-order valence-electron chi connectivity index (χ2n) is 9.40. The Hall–Kier alpha value is -6.42. The Morgan fingerprint density at radius 2 is 0.841 bits per heavy atom. The maximum atomic E-state index is 12.1. The molecule has 216 valence electrons. The van der Waals surface area contributed by atoms with Gasteiger partial charge in [0.15, 0.2) is 0 Å². The number of nitrogens with two attached hydrogens (primary N) is 2. The van der Waals surface area contributed by atoms with Gasteiger partial charge in [-0.3, -0.25) is 9.59 Å². The molecule has 0 spiro atoms. The largest absolute Gasteiger partial charge is 0.368 e. The number of rotatable bonds is 6. The zero-order valence-corrected chi connectivity index (χ0v) is 23.5. The molecule has 10 heteroatoms. The van der Waals surface area contributed by atoms with Crippen LogP contribution in [0.4, 0.5) is 23.3 Å². The van der Waals surface area contributed by atoms with E-state index in [1.165, 1.54) is 0 Å². The van der Waals surface area contributed by atoms with Crippen LogP contribution in [0, 0.1) is 0 Å². The average molecular weight is 581 g/mol.